The first-order valence-corrected chi connectivity index (χ1v) is 4.96. The van der Waals surface area contributed by atoms with Gasteiger partial charge in [-0.2, -0.15) is 0 Å². The third-order valence-corrected chi connectivity index (χ3v) is 2.20. The molecule has 0 saturated carbocycles. The predicted molar refractivity (Wildman–Crippen MR) is 58.3 cm³/mol. The lowest BCUT2D eigenvalue weighted by molar-refractivity contribution is -0.370. The highest BCUT2D eigenvalue weighted by Gasteiger charge is 2.40. The Bertz CT molecular complexity index is 270. The van der Waals surface area contributed by atoms with E-state index in [4.69, 9.17) is 31.8 Å². The second-order valence-electron chi connectivity index (χ2n) is 3.83. The second kappa shape index (κ2) is 5.34. The number of rotatable bonds is 4. The lowest BCUT2D eigenvalue weighted by Crippen LogP contribution is -2.53. The Kier molecular flexibility index (Phi) is 4.35. The minimum atomic E-state index is -0.814. The molecule has 1 aliphatic heterocycles. The van der Waals surface area contributed by atoms with Gasteiger partial charge in [-0.1, -0.05) is 11.8 Å². The fourth-order valence-corrected chi connectivity index (χ4v) is 1.21. The molecule has 88 valence electrons. The predicted octanol–water partition coefficient (Wildman–Crippen LogP) is 0.765. The van der Waals surface area contributed by atoms with Crippen molar-refractivity contribution in [3.8, 4) is 24.7 Å². The average Bonchev–Trinajstić information content (AvgIpc) is 2.29. The van der Waals surface area contributed by atoms with Crippen LogP contribution >= 0.6 is 0 Å². The molecule has 4 heteroatoms. The van der Waals surface area contributed by atoms with Gasteiger partial charge >= 0.3 is 0 Å². The molecule has 1 rings (SSSR count). The number of ether oxygens (including phenoxy) is 4. The van der Waals surface area contributed by atoms with E-state index in [0.717, 1.165) is 0 Å². The molecular formula is C12H16O4. The van der Waals surface area contributed by atoms with E-state index in [1.807, 2.05) is 0 Å². The van der Waals surface area contributed by atoms with Gasteiger partial charge in [-0.05, 0) is 13.8 Å². The maximum Gasteiger partial charge on any atom is 0.190 e. The van der Waals surface area contributed by atoms with Gasteiger partial charge in [-0.3, -0.25) is 0 Å². The van der Waals surface area contributed by atoms with Gasteiger partial charge in [0.2, 0.25) is 0 Å². The molecule has 0 radical (unpaired) electrons. The van der Waals surface area contributed by atoms with E-state index in [9.17, 15) is 0 Å². The van der Waals surface area contributed by atoms with E-state index >= 15 is 0 Å². The lowest BCUT2D eigenvalue weighted by atomic mass is 10.2. The first-order chi connectivity index (χ1) is 7.54. The Balaban J connectivity index is 2.44. The molecule has 0 unspecified atom stereocenters. The van der Waals surface area contributed by atoms with Crippen molar-refractivity contribution in [3.05, 3.63) is 0 Å². The molecule has 0 N–H and O–H groups in total. The fraction of sp³-hybridized carbons (Fsp3) is 0.667. The highest BCUT2D eigenvalue weighted by molar-refractivity contribution is 4.87. The summed E-state index contributed by atoms with van der Waals surface area (Å²) in [4.78, 5) is 0. The Labute approximate surface area is 96.2 Å². The number of hydrogen-bond donors (Lipinski definition) is 0. The van der Waals surface area contributed by atoms with Gasteiger partial charge in [0.05, 0.1) is 0 Å². The summed E-state index contributed by atoms with van der Waals surface area (Å²) >= 11 is 0. The molecule has 0 aromatic rings. The Morgan fingerprint density at radius 3 is 1.62 bits per heavy atom. The van der Waals surface area contributed by atoms with Crippen LogP contribution in [0.5, 0.6) is 0 Å². The third kappa shape index (κ3) is 3.52. The Morgan fingerprint density at radius 1 is 1.00 bits per heavy atom. The quantitative estimate of drug-likeness (QED) is 0.661. The van der Waals surface area contributed by atoms with Crippen LogP contribution in [-0.2, 0) is 18.9 Å². The van der Waals surface area contributed by atoms with E-state index < -0.39 is 11.6 Å². The Morgan fingerprint density at radius 2 is 1.38 bits per heavy atom. The van der Waals surface area contributed by atoms with Crippen molar-refractivity contribution in [2.24, 2.45) is 0 Å². The van der Waals surface area contributed by atoms with Gasteiger partial charge in [-0.25, -0.2) is 0 Å². The van der Waals surface area contributed by atoms with E-state index in [1.165, 1.54) is 0 Å². The third-order valence-electron chi connectivity index (χ3n) is 2.20. The number of terminal acetylenes is 2. The summed E-state index contributed by atoms with van der Waals surface area (Å²) in [5.74, 6) is 3.13. The van der Waals surface area contributed by atoms with Crippen molar-refractivity contribution >= 4 is 0 Å². The molecule has 1 fully saturated rings. The Hall–Kier alpha value is -1.04. The monoisotopic (exact) mass is 224 g/mol. The summed E-state index contributed by atoms with van der Waals surface area (Å²) in [6, 6.07) is 0. The van der Waals surface area contributed by atoms with Crippen LogP contribution in [0.4, 0.5) is 0 Å². The van der Waals surface area contributed by atoms with Crippen LogP contribution in [0.15, 0.2) is 0 Å². The van der Waals surface area contributed by atoms with Crippen molar-refractivity contribution in [3.63, 3.8) is 0 Å². The molecule has 0 aromatic heterocycles. The molecule has 0 amide bonds. The van der Waals surface area contributed by atoms with Gasteiger partial charge in [0.1, 0.15) is 26.4 Å². The summed E-state index contributed by atoms with van der Waals surface area (Å²) in [6.07, 6.45) is 10.2. The van der Waals surface area contributed by atoms with Crippen molar-refractivity contribution in [2.75, 3.05) is 26.4 Å². The molecule has 16 heavy (non-hydrogen) atoms. The average molecular weight is 224 g/mol. The van der Waals surface area contributed by atoms with Crippen LogP contribution in [0.2, 0.25) is 0 Å². The molecular weight excluding hydrogens is 208 g/mol. The minimum Gasteiger partial charge on any atom is -0.342 e. The summed E-state index contributed by atoms with van der Waals surface area (Å²) in [5.41, 5.74) is 0. The zero-order valence-electron chi connectivity index (χ0n) is 9.62. The van der Waals surface area contributed by atoms with Gasteiger partial charge in [0.25, 0.3) is 0 Å². The van der Waals surface area contributed by atoms with Crippen molar-refractivity contribution < 1.29 is 18.9 Å². The zero-order valence-corrected chi connectivity index (χ0v) is 9.62. The lowest BCUT2D eigenvalue weighted by Gasteiger charge is -2.41. The topological polar surface area (TPSA) is 36.9 Å². The van der Waals surface area contributed by atoms with Gasteiger partial charge in [0, 0.05) is 0 Å². The van der Waals surface area contributed by atoms with Crippen LogP contribution in [0.25, 0.3) is 0 Å². The summed E-state index contributed by atoms with van der Waals surface area (Å²) in [6.45, 7) is 4.39. The zero-order chi connectivity index (χ0) is 12.1. The highest BCUT2D eigenvalue weighted by atomic mass is 16.8. The first-order valence-electron chi connectivity index (χ1n) is 4.96. The van der Waals surface area contributed by atoms with E-state index in [2.05, 4.69) is 11.8 Å². The molecule has 2 atom stereocenters. The standard InChI is InChI=1S/C12H16O4/c1-5-7-13-11(3)9-16-12(4,10-15-11)14-8-6-2/h1-2H,7-10H2,3-4H3/t11-,12-/m0/s1. The van der Waals surface area contributed by atoms with Crippen LogP contribution < -0.4 is 0 Å². The molecule has 0 bridgehead atoms. The van der Waals surface area contributed by atoms with Crippen LogP contribution in [-0.4, -0.2) is 38.0 Å². The van der Waals surface area contributed by atoms with Gasteiger partial charge < -0.3 is 18.9 Å². The van der Waals surface area contributed by atoms with Crippen molar-refractivity contribution in [1.82, 2.24) is 0 Å². The van der Waals surface area contributed by atoms with Crippen molar-refractivity contribution in [1.29, 1.82) is 0 Å². The van der Waals surface area contributed by atoms with E-state index in [-0.39, 0.29) is 26.4 Å². The largest absolute Gasteiger partial charge is 0.342 e. The fourth-order valence-electron chi connectivity index (χ4n) is 1.21. The molecule has 1 heterocycles. The second-order valence-corrected chi connectivity index (χ2v) is 3.83. The van der Waals surface area contributed by atoms with Gasteiger partial charge in [-0.15, -0.1) is 12.8 Å². The molecule has 0 aliphatic carbocycles. The van der Waals surface area contributed by atoms with E-state index in [1.54, 1.807) is 13.8 Å². The molecule has 1 aliphatic rings. The normalized spacial score (nSPS) is 34.0. The first kappa shape index (κ1) is 13.0. The SMILES string of the molecule is C#CCO[C@]1(C)CO[C@](C)(OCC#C)CO1. The van der Waals surface area contributed by atoms with Crippen molar-refractivity contribution in [2.45, 2.75) is 25.4 Å². The molecule has 1 saturated heterocycles. The maximum absolute atomic E-state index is 5.54. The summed E-state index contributed by atoms with van der Waals surface area (Å²) in [5, 5.41) is 0. The summed E-state index contributed by atoms with van der Waals surface area (Å²) in [7, 11) is 0. The maximum atomic E-state index is 5.54. The number of hydrogen-bond acceptors (Lipinski definition) is 4. The minimum absolute atomic E-state index is 0.182. The van der Waals surface area contributed by atoms with Crippen LogP contribution in [0.1, 0.15) is 13.8 Å². The van der Waals surface area contributed by atoms with E-state index in [0.29, 0.717) is 0 Å². The highest BCUT2D eigenvalue weighted by Crippen LogP contribution is 2.26. The smallest absolute Gasteiger partial charge is 0.190 e. The van der Waals surface area contributed by atoms with Crippen LogP contribution in [0, 0.1) is 24.7 Å². The van der Waals surface area contributed by atoms with Gasteiger partial charge in [0.15, 0.2) is 11.6 Å². The summed E-state index contributed by atoms with van der Waals surface area (Å²) < 4.78 is 21.8. The molecule has 4 nitrogen and oxygen atoms in total. The molecule has 0 spiro atoms. The molecule has 0 aromatic carbocycles. The van der Waals surface area contributed by atoms with Crippen LogP contribution in [0.3, 0.4) is 0 Å².